The molecule has 0 saturated carbocycles. The van der Waals surface area contributed by atoms with Gasteiger partial charge in [-0.15, -0.1) is 0 Å². The largest absolute Gasteiger partial charge is 0.461 e. The summed E-state index contributed by atoms with van der Waals surface area (Å²) in [5.74, 6) is -0.252. The van der Waals surface area contributed by atoms with Gasteiger partial charge in [0.05, 0.1) is 0 Å². The van der Waals surface area contributed by atoms with Crippen LogP contribution in [0.1, 0.15) is 12.5 Å². The highest BCUT2D eigenvalue weighted by molar-refractivity contribution is 5.65. The quantitative estimate of drug-likeness (QED) is 0.596. The maximum atomic E-state index is 10.4. The first kappa shape index (κ1) is 7.79. The molecule has 0 unspecified atom stereocenters. The van der Waals surface area contributed by atoms with Crippen molar-refractivity contribution in [1.29, 1.82) is 0 Å². The van der Waals surface area contributed by atoms with Gasteiger partial charge in [0.1, 0.15) is 6.61 Å². The number of esters is 1. The number of carbonyl (C=O) groups is 1. The molecule has 0 aliphatic heterocycles. The number of hydrogen-bond donors (Lipinski definition) is 0. The van der Waals surface area contributed by atoms with Crippen molar-refractivity contribution >= 4 is 5.97 Å². The lowest BCUT2D eigenvalue weighted by molar-refractivity contribution is -0.142. The molecule has 2 nitrogen and oxygen atoms in total. The van der Waals surface area contributed by atoms with Gasteiger partial charge in [0.25, 0.3) is 0 Å². The van der Waals surface area contributed by atoms with Crippen LogP contribution in [0.5, 0.6) is 0 Å². The molecule has 0 aliphatic rings. The molecule has 0 aromatic heterocycles. The summed E-state index contributed by atoms with van der Waals surface area (Å²) in [6, 6.07) is 10.2. The maximum Gasteiger partial charge on any atom is 0.302 e. The van der Waals surface area contributed by atoms with Crippen LogP contribution in [0.3, 0.4) is 0 Å². The molecule has 0 aliphatic carbocycles. The van der Waals surface area contributed by atoms with Crippen molar-refractivity contribution in [3.63, 3.8) is 0 Å². The Morgan fingerprint density at radius 3 is 2.73 bits per heavy atom. The van der Waals surface area contributed by atoms with E-state index in [2.05, 4.69) is 6.07 Å². The molecule has 0 bridgehead atoms. The molecule has 57 valence electrons. The minimum Gasteiger partial charge on any atom is -0.461 e. The second-order valence-electron chi connectivity index (χ2n) is 2.19. The van der Waals surface area contributed by atoms with Crippen LogP contribution in [-0.4, -0.2) is 5.97 Å². The minimum atomic E-state index is -0.252. The lowest BCUT2D eigenvalue weighted by Gasteiger charge is -1.99. The molecule has 11 heavy (non-hydrogen) atoms. The summed E-state index contributed by atoms with van der Waals surface area (Å²) in [4.78, 5) is 10.4. The fourth-order valence-electron chi connectivity index (χ4n) is 0.703. The van der Waals surface area contributed by atoms with Crippen LogP contribution in [0.4, 0.5) is 0 Å². The Morgan fingerprint density at radius 2 is 2.18 bits per heavy atom. The maximum absolute atomic E-state index is 10.4. The van der Waals surface area contributed by atoms with Crippen molar-refractivity contribution in [3.05, 3.63) is 35.9 Å². The lowest BCUT2D eigenvalue weighted by atomic mass is 10.2. The predicted molar refractivity (Wildman–Crippen MR) is 40.7 cm³/mol. The average molecular weight is 149 g/mol. The summed E-state index contributed by atoms with van der Waals surface area (Å²) in [5, 5.41) is 0. The molecular weight excluding hydrogens is 140 g/mol. The van der Waals surface area contributed by atoms with Crippen LogP contribution in [0.2, 0.25) is 0 Å². The lowest BCUT2D eigenvalue weighted by Crippen LogP contribution is -1.97. The van der Waals surface area contributed by atoms with Crippen molar-refractivity contribution in [2.24, 2.45) is 0 Å². The van der Waals surface area contributed by atoms with Crippen LogP contribution in [-0.2, 0) is 16.1 Å². The fraction of sp³-hybridized carbons (Fsp3) is 0.222. The van der Waals surface area contributed by atoms with Gasteiger partial charge in [-0.2, -0.15) is 0 Å². The summed E-state index contributed by atoms with van der Waals surface area (Å²) >= 11 is 0. The molecule has 0 saturated heterocycles. The summed E-state index contributed by atoms with van der Waals surface area (Å²) in [5.41, 5.74) is 0.985. The Morgan fingerprint density at radius 1 is 1.55 bits per heavy atom. The van der Waals surface area contributed by atoms with E-state index >= 15 is 0 Å². The van der Waals surface area contributed by atoms with Crippen molar-refractivity contribution in [3.8, 4) is 0 Å². The first-order chi connectivity index (χ1) is 5.29. The van der Waals surface area contributed by atoms with E-state index in [1.54, 1.807) is 12.1 Å². The van der Waals surface area contributed by atoms with Crippen LogP contribution >= 0.6 is 0 Å². The van der Waals surface area contributed by atoms with Gasteiger partial charge in [-0.3, -0.25) is 4.79 Å². The molecule has 0 fully saturated rings. The summed E-state index contributed by atoms with van der Waals surface area (Å²) in [6.07, 6.45) is 0. The first-order valence-corrected chi connectivity index (χ1v) is 3.37. The van der Waals surface area contributed by atoms with Crippen molar-refractivity contribution in [2.75, 3.05) is 0 Å². The average Bonchev–Trinajstić information content (AvgIpc) is 2.03. The molecule has 1 aromatic rings. The van der Waals surface area contributed by atoms with E-state index in [-0.39, 0.29) is 5.97 Å². The highest BCUT2D eigenvalue weighted by Gasteiger charge is 1.93. The normalized spacial score (nSPS) is 9.18. The van der Waals surface area contributed by atoms with Gasteiger partial charge in [-0.05, 0) is 11.6 Å². The molecule has 0 spiro atoms. The van der Waals surface area contributed by atoms with Gasteiger partial charge in [-0.1, -0.05) is 24.3 Å². The van der Waals surface area contributed by atoms with Crippen molar-refractivity contribution in [1.82, 2.24) is 0 Å². The molecule has 0 N–H and O–H groups in total. The third-order valence-electron chi connectivity index (χ3n) is 1.23. The molecular formula is C9H9O2. The van der Waals surface area contributed by atoms with Crippen LogP contribution < -0.4 is 0 Å². The zero-order valence-electron chi connectivity index (χ0n) is 6.33. The Balaban J connectivity index is 2.45. The standard InChI is InChI=1S/C9H9O2/c1-8(10)11-7-9-5-3-2-4-6-9/h3-6H,7H2,1H3. The number of rotatable bonds is 2. The van der Waals surface area contributed by atoms with E-state index in [1.165, 1.54) is 6.92 Å². The minimum absolute atomic E-state index is 0.252. The topological polar surface area (TPSA) is 26.3 Å². The fourth-order valence-corrected chi connectivity index (χ4v) is 0.703. The van der Waals surface area contributed by atoms with Gasteiger partial charge in [-0.25, -0.2) is 0 Å². The number of benzene rings is 1. The predicted octanol–water partition coefficient (Wildman–Crippen LogP) is 1.55. The molecule has 0 heterocycles. The SMILES string of the molecule is CC(=O)OCc1cc[c]cc1. The highest BCUT2D eigenvalue weighted by atomic mass is 16.5. The third kappa shape index (κ3) is 2.85. The van der Waals surface area contributed by atoms with Crippen LogP contribution in [0, 0.1) is 6.07 Å². The van der Waals surface area contributed by atoms with E-state index in [1.807, 2.05) is 12.1 Å². The molecule has 1 radical (unpaired) electrons. The summed E-state index contributed by atoms with van der Waals surface area (Å²) in [7, 11) is 0. The number of hydrogen-bond acceptors (Lipinski definition) is 2. The van der Waals surface area contributed by atoms with E-state index in [4.69, 9.17) is 4.74 Å². The van der Waals surface area contributed by atoms with Gasteiger partial charge in [0.15, 0.2) is 0 Å². The Labute approximate surface area is 65.8 Å². The molecule has 0 atom stereocenters. The zero-order valence-corrected chi connectivity index (χ0v) is 6.33. The number of ether oxygens (including phenoxy) is 1. The van der Waals surface area contributed by atoms with Gasteiger partial charge in [0, 0.05) is 6.92 Å². The van der Waals surface area contributed by atoms with E-state index in [9.17, 15) is 4.79 Å². The first-order valence-electron chi connectivity index (χ1n) is 3.37. The van der Waals surface area contributed by atoms with Gasteiger partial charge in [0.2, 0.25) is 0 Å². The second kappa shape index (κ2) is 3.76. The van der Waals surface area contributed by atoms with Crippen molar-refractivity contribution in [2.45, 2.75) is 13.5 Å². The van der Waals surface area contributed by atoms with E-state index in [0.717, 1.165) is 5.56 Å². The molecule has 0 amide bonds. The van der Waals surface area contributed by atoms with Gasteiger partial charge < -0.3 is 4.74 Å². The second-order valence-corrected chi connectivity index (χ2v) is 2.19. The molecule has 2 heteroatoms. The molecule has 1 rings (SSSR count). The smallest absolute Gasteiger partial charge is 0.302 e. The van der Waals surface area contributed by atoms with Gasteiger partial charge >= 0.3 is 5.97 Å². The number of carbonyl (C=O) groups excluding carboxylic acids is 1. The van der Waals surface area contributed by atoms with E-state index < -0.39 is 0 Å². The summed E-state index contributed by atoms with van der Waals surface area (Å²) < 4.78 is 4.78. The Kier molecular flexibility index (Phi) is 2.66. The molecule has 1 aromatic carbocycles. The third-order valence-corrected chi connectivity index (χ3v) is 1.23. The Hall–Kier alpha value is -1.31. The summed E-state index contributed by atoms with van der Waals surface area (Å²) in [6.45, 7) is 1.75. The van der Waals surface area contributed by atoms with E-state index in [0.29, 0.717) is 6.61 Å². The monoisotopic (exact) mass is 149 g/mol. The van der Waals surface area contributed by atoms with Crippen molar-refractivity contribution < 1.29 is 9.53 Å². The Bertz CT molecular complexity index is 229. The van der Waals surface area contributed by atoms with Crippen LogP contribution in [0.15, 0.2) is 24.3 Å². The zero-order chi connectivity index (χ0) is 8.10. The van der Waals surface area contributed by atoms with Crippen LogP contribution in [0.25, 0.3) is 0 Å². The highest BCUT2D eigenvalue weighted by Crippen LogP contribution is 1.99.